The van der Waals surface area contributed by atoms with E-state index in [-0.39, 0.29) is 17.8 Å². The lowest BCUT2D eigenvalue weighted by atomic mass is 10.1. The number of carbonyl (C=O) groups is 1. The van der Waals surface area contributed by atoms with Crippen LogP contribution in [0.1, 0.15) is 58.8 Å². The van der Waals surface area contributed by atoms with Gasteiger partial charge in [0.15, 0.2) is 0 Å². The number of imidazole rings is 2. The van der Waals surface area contributed by atoms with Gasteiger partial charge in [-0.2, -0.15) is 10.4 Å². The minimum absolute atomic E-state index is 0.245. The molecule has 226 valence electrons. The lowest BCUT2D eigenvalue weighted by Crippen LogP contribution is -2.35. The van der Waals surface area contributed by atoms with E-state index >= 15 is 0 Å². The molecule has 0 bridgehead atoms. The van der Waals surface area contributed by atoms with Gasteiger partial charge in [0.25, 0.3) is 0 Å². The van der Waals surface area contributed by atoms with Crippen LogP contribution in [0.25, 0.3) is 11.0 Å². The third kappa shape index (κ3) is 6.11. The number of piperidine rings is 1. The molecule has 1 saturated heterocycles. The number of rotatable bonds is 10. The molecule has 0 aliphatic carbocycles. The van der Waals surface area contributed by atoms with E-state index in [1.807, 2.05) is 36.8 Å². The van der Waals surface area contributed by atoms with Gasteiger partial charge < -0.3 is 13.9 Å². The van der Waals surface area contributed by atoms with Crippen LogP contribution >= 0.6 is 11.8 Å². The van der Waals surface area contributed by atoms with Gasteiger partial charge in [-0.05, 0) is 61.7 Å². The summed E-state index contributed by atoms with van der Waals surface area (Å²) in [5.41, 5.74) is 4.18. The number of ether oxygens (including phenoxy) is 1. The molecule has 0 spiro atoms. The van der Waals surface area contributed by atoms with Crippen molar-refractivity contribution in [1.82, 2.24) is 33.8 Å². The van der Waals surface area contributed by atoms with E-state index in [1.165, 1.54) is 13.2 Å². The summed E-state index contributed by atoms with van der Waals surface area (Å²) in [5.74, 6) is 0.666. The average Bonchev–Trinajstić information content (AvgIpc) is 3.79. The maximum atomic E-state index is 14.4. The lowest BCUT2D eigenvalue weighted by molar-refractivity contribution is 0.0601. The predicted molar refractivity (Wildman–Crippen MR) is 165 cm³/mol. The topological polar surface area (TPSA) is 107 Å². The summed E-state index contributed by atoms with van der Waals surface area (Å²) >= 11 is 1.56. The third-order valence-corrected chi connectivity index (χ3v) is 9.24. The molecule has 0 radical (unpaired) electrons. The fourth-order valence-electron chi connectivity index (χ4n) is 5.74. The predicted octanol–water partition coefficient (Wildman–Crippen LogP) is 5.42. The van der Waals surface area contributed by atoms with Crippen LogP contribution in [0.3, 0.4) is 0 Å². The molecule has 3 aromatic heterocycles. The monoisotopic (exact) mass is 612 g/mol. The highest BCUT2D eigenvalue weighted by atomic mass is 32.2. The standard InChI is InChI=1S/C32H33FN8O2S/c1-3-39-21-35-17-26(39)18-40-29-15-23(32(42)43-2)6-7-28(29)37-30(40)19-38-12-9-25(10-13-38)41-31(8-11-36-41)44-20-24-5-4-22(16-34)14-27(24)33/h4-8,11,14-15,17,21,25H,3,9-10,12-13,18-20H2,1-2H3. The molecule has 0 unspecified atom stereocenters. The second kappa shape index (κ2) is 13.0. The number of carbonyl (C=O) groups excluding carboxylic acids is 1. The van der Waals surface area contributed by atoms with Gasteiger partial charge in [0.05, 0.1) is 77.7 Å². The van der Waals surface area contributed by atoms with Crippen molar-refractivity contribution in [1.29, 1.82) is 5.26 Å². The first-order valence-corrected chi connectivity index (χ1v) is 15.6. The number of likely N-dealkylation sites (tertiary alicyclic amines) is 1. The Morgan fingerprint density at radius 1 is 1.16 bits per heavy atom. The van der Waals surface area contributed by atoms with Gasteiger partial charge in [-0.3, -0.25) is 9.58 Å². The zero-order valence-corrected chi connectivity index (χ0v) is 25.5. The molecule has 44 heavy (non-hydrogen) atoms. The van der Waals surface area contributed by atoms with Gasteiger partial charge in [-0.15, -0.1) is 11.8 Å². The molecule has 4 heterocycles. The molecule has 0 amide bonds. The van der Waals surface area contributed by atoms with E-state index in [4.69, 9.17) is 15.0 Å². The Morgan fingerprint density at radius 2 is 2.00 bits per heavy atom. The van der Waals surface area contributed by atoms with Crippen LogP contribution in [0.2, 0.25) is 0 Å². The van der Waals surface area contributed by atoms with Gasteiger partial charge in [-0.1, -0.05) is 6.07 Å². The maximum absolute atomic E-state index is 14.4. The average molecular weight is 613 g/mol. The molecule has 0 N–H and O–H groups in total. The van der Waals surface area contributed by atoms with Crippen molar-refractivity contribution < 1.29 is 13.9 Å². The van der Waals surface area contributed by atoms with Crippen molar-refractivity contribution in [3.05, 3.63) is 95.2 Å². The van der Waals surface area contributed by atoms with Crippen molar-refractivity contribution in [2.24, 2.45) is 0 Å². The fourth-order valence-corrected chi connectivity index (χ4v) is 6.76. The Bertz CT molecular complexity index is 1830. The Morgan fingerprint density at radius 3 is 2.75 bits per heavy atom. The smallest absolute Gasteiger partial charge is 0.337 e. The number of nitriles is 1. The molecule has 0 saturated carbocycles. The zero-order valence-electron chi connectivity index (χ0n) is 24.7. The second-order valence-corrected chi connectivity index (χ2v) is 11.8. The first-order chi connectivity index (χ1) is 21.5. The molecule has 12 heteroatoms. The number of nitrogens with zero attached hydrogens (tertiary/aromatic N) is 8. The van der Waals surface area contributed by atoms with E-state index in [9.17, 15) is 9.18 Å². The molecule has 2 aromatic carbocycles. The normalized spacial score (nSPS) is 14.2. The van der Waals surface area contributed by atoms with Crippen molar-refractivity contribution in [3.63, 3.8) is 0 Å². The van der Waals surface area contributed by atoms with Gasteiger partial charge >= 0.3 is 5.97 Å². The second-order valence-electron chi connectivity index (χ2n) is 10.8. The molecule has 1 aliphatic heterocycles. The largest absolute Gasteiger partial charge is 0.465 e. The highest BCUT2D eigenvalue weighted by Gasteiger charge is 2.25. The molecule has 0 atom stereocenters. The number of aryl methyl sites for hydroxylation is 1. The number of aromatic nitrogens is 6. The number of esters is 1. The van der Waals surface area contributed by atoms with Gasteiger partial charge in [-0.25, -0.2) is 19.2 Å². The van der Waals surface area contributed by atoms with Crippen LogP contribution in [0, 0.1) is 17.1 Å². The highest BCUT2D eigenvalue weighted by molar-refractivity contribution is 7.98. The molecule has 6 rings (SSSR count). The summed E-state index contributed by atoms with van der Waals surface area (Å²) in [7, 11) is 1.39. The first kappa shape index (κ1) is 29.6. The quantitative estimate of drug-likeness (QED) is 0.152. The highest BCUT2D eigenvalue weighted by Crippen LogP contribution is 2.31. The molecule has 5 aromatic rings. The number of hydrogen-bond donors (Lipinski definition) is 0. The van der Waals surface area contributed by atoms with Crippen molar-refractivity contribution in [3.8, 4) is 6.07 Å². The fraction of sp³-hybridized carbons (Fsp3) is 0.344. The Hall–Kier alpha value is -4.47. The number of methoxy groups -OCH3 is 1. The zero-order chi connectivity index (χ0) is 30.6. The molecule has 1 aliphatic rings. The minimum Gasteiger partial charge on any atom is -0.465 e. The number of benzene rings is 2. The van der Waals surface area contributed by atoms with Crippen LogP contribution in [0.4, 0.5) is 4.39 Å². The van der Waals surface area contributed by atoms with Crippen molar-refractivity contribution in [2.45, 2.75) is 56.2 Å². The Labute approximate surface area is 259 Å². The van der Waals surface area contributed by atoms with Gasteiger partial charge in [0.1, 0.15) is 11.6 Å². The summed E-state index contributed by atoms with van der Waals surface area (Å²) in [6.45, 7) is 5.92. The van der Waals surface area contributed by atoms with Crippen LogP contribution in [0.15, 0.2) is 66.2 Å². The molecule has 10 nitrogen and oxygen atoms in total. The van der Waals surface area contributed by atoms with E-state index in [2.05, 4.69) is 35.7 Å². The van der Waals surface area contributed by atoms with Gasteiger partial charge in [0.2, 0.25) is 0 Å². The van der Waals surface area contributed by atoms with Crippen molar-refractivity contribution in [2.75, 3.05) is 20.2 Å². The van der Waals surface area contributed by atoms with Crippen LogP contribution in [-0.2, 0) is 30.1 Å². The third-order valence-electron chi connectivity index (χ3n) is 8.17. The maximum Gasteiger partial charge on any atom is 0.337 e. The SMILES string of the molecule is CCn1cncc1Cn1c(CN2CCC(n3nccc3SCc3ccc(C#N)cc3F)CC2)nc2ccc(C(=O)OC)cc21. The number of thioether (sulfide) groups is 1. The molecular weight excluding hydrogens is 579 g/mol. The summed E-state index contributed by atoms with van der Waals surface area (Å²) in [4.78, 5) is 24.1. The molecular formula is C32H33FN8O2S. The van der Waals surface area contributed by atoms with E-state index in [1.54, 1.807) is 36.2 Å². The van der Waals surface area contributed by atoms with Crippen LogP contribution in [-0.4, -0.2) is 60.0 Å². The van der Waals surface area contributed by atoms with Crippen molar-refractivity contribution >= 4 is 28.8 Å². The lowest BCUT2D eigenvalue weighted by Gasteiger charge is -2.32. The number of halogens is 1. The summed E-state index contributed by atoms with van der Waals surface area (Å²) in [6, 6.07) is 14.3. The minimum atomic E-state index is -0.375. The van der Waals surface area contributed by atoms with Crippen LogP contribution in [0.5, 0.6) is 0 Å². The summed E-state index contributed by atoms with van der Waals surface area (Å²) in [5, 5.41) is 14.6. The summed E-state index contributed by atoms with van der Waals surface area (Å²) in [6.07, 6.45) is 7.37. The van der Waals surface area contributed by atoms with Gasteiger partial charge in [0, 0.05) is 31.6 Å². The van der Waals surface area contributed by atoms with E-state index in [0.29, 0.717) is 35.5 Å². The van der Waals surface area contributed by atoms with E-state index in [0.717, 1.165) is 60.1 Å². The number of fused-ring (bicyclic) bond motifs is 1. The molecule has 1 fully saturated rings. The first-order valence-electron chi connectivity index (χ1n) is 14.6. The Kier molecular flexibility index (Phi) is 8.77. The summed E-state index contributed by atoms with van der Waals surface area (Å²) < 4.78 is 25.8. The van der Waals surface area contributed by atoms with E-state index < -0.39 is 0 Å². The number of hydrogen-bond acceptors (Lipinski definition) is 8. The Balaban J connectivity index is 1.16. The van der Waals surface area contributed by atoms with Crippen LogP contribution < -0.4 is 0 Å².